The summed E-state index contributed by atoms with van der Waals surface area (Å²) in [5.74, 6) is 0.751. The molecular weight excluding hydrogens is 228 g/mol. The van der Waals surface area contributed by atoms with Crippen LogP contribution in [-0.4, -0.2) is 33.6 Å². The summed E-state index contributed by atoms with van der Waals surface area (Å²) >= 11 is 0. The average molecular weight is 254 g/mol. The predicted octanol–water partition coefficient (Wildman–Crippen LogP) is 1.86. The van der Waals surface area contributed by atoms with Crippen molar-refractivity contribution in [1.29, 1.82) is 0 Å². The fourth-order valence-corrected chi connectivity index (χ4v) is 3.95. The second-order valence-electron chi connectivity index (χ2n) is 7.06. The second kappa shape index (κ2) is 4.62. The first-order chi connectivity index (χ1) is 8.26. The third-order valence-corrected chi connectivity index (χ3v) is 5.06. The molecule has 4 atom stereocenters. The Hall–Kier alpha value is -0.380. The molecule has 0 aromatic carbocycles. The SMILES string of the molecule is CC1(C)C[C@H]2[C@H]1CC/C(CO)=C/[C@H](O)C[C@@]2(C)O. The van der Waals surface area contributed by atoms with Crippen molar-refractivity contribution in [1.82, 2.24) is 0 Å². The minimum atomic E-state index is -0.805. The van der Waals surface area contributed by atoms with Crippen LogP contribution in [0.25, 0.3) is 0 Å². The maximum atomic E-state index is 10.6. The number of hydrogen-bond donors (Lipinski definition) is 3. The first kappa shape index (κ1) is 14.0. The fraction of sp³-hybridized carbons (Fsp3) is 0.867. The lowest BCUT2D eigenvalue weighted by Crippen LogP contribution is -2.55. The zero-order chi connectivity index (χ0) is 13.6. The molecular formula is C15H26O3. The summed E-state index contributed by atoms with van der Waals surface area (Å²) in [6, 6.07) is 0. The van der Waals surface area contributed by atoms with Gasteiger partial charge in [-0.2, -0.15) is 0 Å². The van der Waals surface area contributed by atoms with Crippen LogP contribution >= 0.6 is 0 Å². The molecule has 0 aliphatic heterocycles. The van der Waals surface area contributed by atoms with Crippen molar-refractivity contribution in [2.24, 2.45) is 17.3 Å². The predicted molar refractivity (Wildman–Crippen MR) is 71.0 cm³/mol. The van der Waals surface area contributed by atoms with Crippen molar-refractivity contribution in [3.63, 3.8) is 0 Å². The van der Waals surface area contributed by atoms with Crippen LogP contribution < -0.4 is 0 Å². The Morgan fingerprint density at radius 2 is 1.89 bits per heavy atom. The Morgan fingerprint density at radius 1 is 1.22 bits per heavy atom. The molecule has 1 saturated carbocycles. The smallest absolute Gasteiger partial charge is 0.0751 e. The second-order valence-corrected chi connectivity index (χ2v) is 7.06. The molecule has 18 heavy (non-hydrogen) atoms. The summed E-state index contributed by atoms with van der Waals surface area (Å²) in [6.45, 7) is 6.36. The van der Waals surface area contributed by atoms with Crippen LogP contribution in [0.4, 0.5) is 0 Å². The molecule has 1 fully saturated rings. The molecule has 3 N–H and O–H groups in total. The van der Waals surface area contributed by atoms with E-state index in [4.69, 9.17) is 0 Å². The van der Waals surface area contributed by atoms with E-state index in [9.17, 15) is 15.3 Å². The molecule has 0 aromatic heterocycles. The van der Waals surface area contributed by atoms with Gasteiger partial charge in [0.15, 0.2) is 0 Å². The van der Waals surface area contributed by atoms with Gasteiger partial charge < -0.3 is 15.3 Å². The Balaban J connectivity index is 2.23. The van der Waals surface area contributed by atoms with E-state index >= 15 is 0 Å². The lowest BCUT2D eigenvalue weighted by atomic mass is 9.49. The normalized spacial score (nSPS) is 46.8. The first-order valence-electron chi connectivity index (χ1n) is 6.97. The largest absolute Gasteiger partial charge is 0.392 e. The Kier molecular flexibility index (Phi) is 3.60. The van der Waals surface area contributed by atoms with E-state index < -0.39 is 11.7 Å². The Bertz CT molecular complexity index is 344. The van der Waals surface area contributed by atoms with Crippen LogP contribution in [-0.2, 0) is 0 Å². The van der Waals surface area contributed by atoms with E-state index in [1.165, 1.54) is 0 Å². The molecule has 0 bridgehead atoms. The van der Waals surface area contributed by atoms with Gasteiger partial charge in [-0.05, 0) is 49.0 Å². The molecule has 0 aromatic rings. The van der Waals surface area contributed by atoms with Gasteiger partial charge in [-0.25, -0.2) is 0 Å². The van der Waals surface area contributed by atoms with E-state index in [0.717, 1.165) is 24.8 Å². The van der Waals surface area contributed by atoms with Crippen molar-refractivity contribution in [2.45, 2.75) is 58.2 Å². The summed E-state index contributed by atoms with van der Waals surface area (Å²) in [7, 11) is 0. The number of rotatable bonds is 1. The summed E-state index contributed by atoms with van der Waals surface area (Å²) < 4.78 is 0. The lowest BCUT2D eigenvalue weighted by Gasteiger charge is -2.57. The van der Waals surface area contributed by atoms with Crippen LogP contribution in [0.1, 0.15) is 46.5 Å². The molecule has 0 spiro atoms. The maximum absolute atomic E-state index is 10.6. The van der Waals surface area contributed by atoms with Crippen molar-refractivity contribution < 1.29 is 15.3 Å². The molecule has 3 nitrogen and oxygen atoms in total. The number of aliphatic hydroxyl groups is 3. The highest BCUT2D eigenvalue weighted by Gasteiger charge is 2.54. The molecule has 104 valence electrons. The topological polar surface area (TPSA) is 60.7 Å². The van der Waals surface area contributed by atoms with Gasteiger partial charge in [0.2, 0.25) is 0 Å². The molecule has 0 heterocycles. The highest BCUT2D eigenvalue weighted by Crippen LogP contribution is 2.58. The summed E-state index contributed by atoms with van der Waals surface area (Å²) in [5.41, 5.74) is 0.368. The van der Waals surface area contributed by atoms with Crippen LogP contribution in [0.2, 0.25) is 0 Å². The van der Waals surface area contributed by atoms with Gasteiger partial charge in [0.05, 0.1) is 18.3 Å². The molecule has 2 rings (SSSR count). The zero-order valence-electron chi connectivity index (χ0n) is 11.7. The zero-order valence-corrected chi connectivity index (χ0v) is 11.7. The standard InChI is InChI=1S/C15H26O3/c1-14(2)8-13-12(14)5-4-10(9-16)6-11(17)7-15(13,3)18/h6,11-13,16-18H,4-5,7-9H2,1-3H3/b10-6-/t11-,12+,13-,15+/m0/s1. The minimum absolute atomic E-state index is 0.0109. The average Bonchev–Trinajstić information content (AvgIpc) is 2.26. The highest BCUT2D eigenvalue weighted by atomic mass is 16.3. The molecule has 2 aliphatic rings. The van der Waals surface area contributed by atoms with E-state index in [1.54, 1.807) is 6.08 Å². The third-order valence-electron chi connectivity index (χ3n) is 5.06. The quantitative estimate of drug-likeness (QED) is 0.626. The van der Waals surface area contributed by atoms with Crippen LogP contribution in [0, 0.1) is 17.3 Å². The van der Waals surface area contributed by atoms with E-state index in [0.29, 0.717) is 12.3 Å². The number of fused-ring (bicyclic) bond motifs is 1. The van der Waals surface area contributed by atoms with Crippen LogP contribution in [0.5, 0.6) is 0 Å². The van der Waals surface area contributed by atoms with Crippen LogP contribution in [0.15, 0.2) is 11.6 Å². The van der Waals surface area contributed by atoms with Gasteiger partial charge in [-0.3, -0.25) is 0 Å². The van der Waals surface area contributed by atoms with Crippen molar-refractivity contribution in [3.05, 3.63) is 11.6 Å². The minimum Gasteiger partial charge on any atom is -0.392 e. The van der Waals surface area contributed by atoms with Gasteiger partial charge in [0, 0.05) is 6.42 Å². The van der Waals surface area contributed by atoms with Gasteiger partial charge in [0.25, 0.3) is 0 Å². The summed E-state index contributed by atoms with van der Waals surface area (Å²) in [4.78, 5) is 0. The Morgan fingerprint density at radius 3 is 2.44 bits per heavy atom. The molecule has 3 heteroatoms. The van der Waals surface area contributed by atoms with Crippen LogP contribution in [0.3, 0.4) is 0 Å². The van der Waals surface area contributed by atoms with Gasteiger partial charge in [-0.15, -0.1) is 0 Å². The van der Waals surface area contributed by atoms with E-state index in [-0.39, 0.29) is 17.9 Å². The third kappa shape index (κ3) is 2.49. The fourth-order valence-electron chi connectivity index (χ4n) is 3.95. The van der Waals surface area contributed by atoms with Gasteiger partial charge >= 0.3 is 0 Å². The molecule has 0 amide bonds. The van der Waals surface area contributed by atoms with E-state index in [1.807, 2.05) is 6.92 Å². The first-order valence-corrected chi connectivity index (χ1v) is 6.97. The van der Waals surface area contributed by atoms with Gasteiger partial charge in [-0.1, -0.05) is 19.9 Å². The van der Waals surface area contributed by atoms with E-state index in [2.05, 4.69) is 13.8 Å². The maximum Gasteiger partial charge on any atom is 0.0751 e. The molecule has 0 unspecified atom stereocenters. The molecule has 0 saturated heterocycles. The lowest BCUT2D eigenvalue weighted by molar-refractivity contribution is -0.149. The van der Waals surface area contributed by atoms with Crippen molar-refractivity contribution in [3.8, 4) is 0 Å². The van der Waals surface area contributed by atoms with Crippen molar-refractivity contribution >= 4 is 0 Å². The van der Waals surface area contributed by atoms with Gasteiger partial charge in [0.1, 0.15) is 0 Å². The van der Waals surface area contributed by atoms with Crippen molar-refractivity contribution in [2.75, 3.05) is 6.61 Å². The summed E-state index contributed by atoms with van der Waals surface area (Å²) in [5, 5.41) is 29.9. The monoisotopic (exact) mass is 254 g/mol. The number of aliphatic hydroxyl groups excluding tert-OH is 2. The highest BCUT2D eigenvalue weighted by molar-refractivity contribution is 5.12. The summed E-state index contributed by atoms with van der Waals surface area (Å²) in [6.07, 6.45) is 4.29. The molecule has 2 aliphatic carbocycles. The Labute approximate surface area is 110 Å². The number of hydrogen-bond acceptors (Lipinski definition) is 3. The molecule has 0 radical (unpaired) electrons.